The number of thiophene rings is 1. The van der Waals surface area contributed by atoms with Crippen LogP contribution in [-0.2, 0) is 4.79 Å². The van der Waals surface area contributed by atoms with Gasteiger partial charge in [-0.25, -0.2) is 4.98 Å². The fraction of sp³-hybridized carbons (Fsp3) is 0. The zero-order valence-corrected chi connectivity index (χ0v) is 11.8. The van der Waals surface area contributed by atoms with Crippen molar-refractivity contribution in [2.24, 2.45) is 0 Å². The maximum atomic E-state index is 10.6. The van der Waals surface area contributed by atoms with Crippen molar-refractivity contribution in [1.29, 1.82) is 0 Å². The highest BCUT2D eigenvalue weighted by Crippen LogP contribution is 2.38. The number of carboxylic acid groups (broad SMARTS) is 1. The Labute approximate surface area is 125 Å². The molecule has 3 rings (SSSR count). The molecule has 21 heavy (non-hydrogen) atoms. The molecule has 0 atom stereocenters. The number of carbonyl (C=O) groups excluding carboxylic acids is 1. The third-order valence-electron chi connectivity index (χ3n) is 3.14. The van der Waals surface area contributed by atoms with Gasteiger partial charge in [0.2, 0.25) is 0 Å². The van der Waals surface area contributed by atoms with Crippen LogP contribution in [0.15, 0.2) is 48.0 Å². The monoisotopic (exact) mass is 295 g/mol. The molecule has 0 aliphatic carbocycles. The normalized spacial score (nSPS) is 11.2. The molecule has 0 spiro atoms. The molecule has 0 unspecified atom stereocenters. The number of benzene rings is 1. The van der Waals surface area contributed by atoms with Crippen LogP contribution in [0.3, 0.4) is 0 Å². The third kappa shape index (κ3) is 2.51. The third-order valence-corrected chi connectivity index (χ3v) is 4.16. The van der Waals surface area contributed by atoms with Crippen LogP contribution in [0, 0.1) is 0 Å². The molecule has 0 saturated carbocycles. The zero-order chi connectivity index (χ0) is 14.8. The number of nitrogen functional groups attached to an aromatic ring is 1. The molecule has 2 aromatic heterocycles. The van der Waals surface area contributed by atoms with Gasteiger partial charge in [0.15, 0.2) is 0 Å². The first-order chi connectivity index (χ1) is 10.2. The van der Waals surface area contributed by atoms with Crippen molar-refractivity contribution >= 4 is 39.3 Å². The van der Waals surface area contributed by atoms with Crippen molar-refractivity contribution < 1.29 is 9.90 Å². The molecule has 2 heterocycles. The summed E-state index contributed by atoms with van der Waals surface area (Å²) in [6.45, 7) is 0. The Hall–Kier alpha value is -2.66. The number of hydrogen-bond donors (Lipinski definition) is 1. The minimum absolute atomic E-state index is 0.440. The first-order valence-corrected chi connectivity index (χ1v) is 7.15. The van der Waals surface area contributed by atoms with Gasteiger partial charge in [0.1, 0.15) is 5.82 Å². The number of pyridine rings is 1. The van der Waals surface area contributed by atoms with Crippen LogP contribution < -0.4 is 10.8 Å². The maximum Gasteiger partial charge on any atom is 0.132 e. The second-order valence-electron chi connectivity index (χ2n) is 4.47. The minimum atomic E-state index is -1.24. The molecule has 0 aliphatic rings. The van der Waals surface area contributed by atoms with Crippen LogP contribution in [0.1, 0.15) is 5.56 Å². The summed E-state index contributed by atoms with van der Waals surface area (Å²) in [6.07, 6.45) is 4.05. The molecule has 0 bridgehead atoms. The van der Waals surface area contributed by atoms with Gasteiger partial charge < -0.3 is 15.6 Å². The number of anilines is 1. The molecule has 0 radical (unpaired) electrons. The van der Waals surface area contributed by atoms with Crippen LogP contribution in [0.2, 0.25) is 0 Å². The standard InChI is InChI=1S/C16H12N2O2S/c17-16-14-12(10-4-2-1-3-5-10)9-21-15(14)11(8-18-16)6-7-13(19)20/h1-9H,(H2,17,18)(H,19,20)/p-1/b7-6+. The zero-order valence-electron chi connectivity index (χ0n) is 10.9. The van der Waals surface area contributed by atoms with Crippen molar-refractivity contribution in [3.63, 3.8) is 0 Å². The summed E-state index contributed by atoms with van der Waals surface area (Å²) >= 11 is 1.52. The number of aliphatic carboxylic acids is 1. The molecular formula is C16H11N2O2S-. The summed E-state index contributed by atoms with van der Waals surface area (Å²) < 4.78 is 0.916. The van der Waals surface area contributed by atoms with Crippen molar-refractivity contribution in [1.82, 2.24) is 4.98 Å². The van der Waals surface area contributed by atoms with Gasteiger partial charge in [-0.05, 0) is 17.0 Å². The second-order valence-corrected chi connectivity index (χ2v) is 5.35. The van der Waals surface area contributed by atoms with E-state index in [4.69, 9.17) is 5.73 Å². The van der Waals surface area contributed by atoms with E-state index in [1.165, 1.54) is 17.4 Å². The number of nitrogens with zero attached hydrogens (tertiary/aromatic N) is 1. The Morgan fingerprint density at radius 1 is 1.29 bits per heavy atom. The molecular weight excluding hydrogens is 284 g/mol. The van der Waals surface area contributed by atoms with Crippen molar-refractivity contribution in [2.75, 3.05) is 5.73 Å². The Kier molecular flexibility index (Phi) is 3.41. The molecule has 104 valence electrons. The quantitative estimate of drug-likeness (QED) is 0.752. The number of fused-ring (bicyclic) bond motifs is 1. The summed E-state index contributed by atoms with van der Waals surface area (Å²) in [7, 11) is 0. The van der Waals surface area contributed by atoms with Crippen LogP contribution >= 0.6 is 11.3 Å². The molecule has 0 fully saturated rings. The number of nitrogens with two attached hydrogens (primary N) is 1. The maximum absolute atomic E-state index is 10.6. The molecule has 1 aromatic carbocycles. The lowest BCUT2D eigenvalue weighted by Gasteiger charge is -2.04. The SMILES string of the molecule is Nc1ncc(/C=C/C(=O)[O-])c2scc(-c3ccccc3)c12. The first-order valence-electron chi connectivity index (χ1n) is 6.27. The Balaban J connectivity index is 2.22. The van der Waals surface area contributed by atoms with Crippen LogP contribution in [0.5, 0.6) is 0 Å². The van der Waals surface area contributed by atoms with Gasteiger partial charge in [0, 0.05) is 27.4 Å². The Morgan fingerprint density at radius 2 is 2.05 bits per heavy atom. The van der Waals surface area contributed by atoms with E-state index in [-0.39, 0.29) is 0 Å². The van der Waals surface area contributed by atoms with Crippen LogP contribution in [0.4, 0.5) is 5.82 Å². The van der Waals surface area contributed by atoms with Gasteiger partial charge in [-0.3, -0.25) is 0 Å². The summed E-state index contributed by atoms with van der Waals surface area (Å²) in [6, 6.07) is 9.88. The van der Waals surface area contributed by atoms with Gasteiger partial charge in [0.25, 0.3) is 0 Å². The number of hydrogen-bond acceptors (Lipinski definition) is 5. The van der Waals surface area contributed by atoms with E-state index in [1.54, 1.807) is 6.20 Å². The molecule has 3 aromatic rings. The topological polar surface area (TPSA) is 79.0 Å². The summed E-state index contributed by atoms with van der Waals surface area (Å²) in [5, 5.41) is 13.4. The van der Waals surface area contributed by atoms with Crippen molar-refractivity contribution in [3.05, 3.63) is 53.5 Å². The van der Waals surface area contributed by atoms with Gasteiger partial charge in [0.05, 0.1) is 5.97 Å². The molecule has 2 N–H and O–H groups in total. The average molecular weight is 295 g/mol. The Morgan fingerprint density at radius 3 is 2.76 bits per heavy atom. The predicted octanol–water partition coefficient (Wildman–Crippen LogP) is 2.31. The lowest BCUT2D eigenvalue weighted by Crippen LogP contribution is -2.18. The lowest BCUT2D eigenvalue weighted by molar-refractivity contribution is -0.297. The van der Waals surface area contributed by atoms with E-state index in [1.807, 2.05) is 35.7 Å². The predicted molar refractivity (Wildman–Crippen MR) is 83.5 cm³/mol. The largest absolute Gasteiger partial charge is 0.545 e. The Bertz CT molecular complexity index is 838. The highest BCUT2D eigenvalue weighted by atomic mass is 32.1. The van der Waals surface area contributed by atoms with Crippen molar-refractivity contribution in [2.45, 2.75) is 0 Å². The van der Waals surface area contributed by atoms with Crippen LogP contribution in [-0.4, -0.2) is 11.0 Å². The highest BCUT2D eigenvalue weighted by Gasteiger charge is 2.12. The molecule has 0 amide bonds. The van der Waals surface area contributed by atoms with Crippen LogP contribution in [0.25, 0.3) is 27.3 Å². The molecule has 5 heteroatoms. The van der Waals surface area contributed by atoms with E-state index in [0.29, 0.717) is 5.82 Å². The number of aromatic nitrogens is 1. The van der Waals surface area contributed by atoms with E-state index in [2.05, 4.69) is 4.98 Å². The van der Waals surface area contributed by atoms with E-state index >= 15 is 0 Å². The second kappa shape index (κ2) is 5.38. The van der Waals surface area contributed by atoms with E-state index in [9.17, 15) is 9.90 Å². The molecule has 0 saturated heterocycles. The van der Waals surface area contributed by atoms with Gasteiger partial charge >= 0.3 is 0 Å². The first kappa shape index (κ1) is 13.3. The summed E-state index contributed by atoms with van der Waals surface area (Å²) in [5.74, 6) is -0.796. The van der Waals surface area contributed by atoms with Gasteiger partial charge in [-0.2, -0.15) is 0 Å². The number of carbonyl (C=O) groups is 1. The fourth-order valence-electron chi connectivity index (χ4n) is 2.19. The average Bonchev–Trinajstić information content (AvgIpc) is 2.93. The summed E-state index contributed by atoms with van der Waals surface area (Å²) in [4.78, 5) is 14.7. The summed E-state index contributed by atoms with van der Waals surface area (Å²) in [5.41, 5.74) is 8.78. The number of rotatable bonds is 3. The fourth-order valence-corrected chi connectivity index (χ4v) is 3.27. The lowest BCUT2D eigenvalue weighted by atomic mass is 10.0. The molecule has 0 aliphatic heterocycles. The highest BCUT2D eigenvalue weighted by molar-refractivity contribution is 7.18. The smallest absolute Gasteiger partial charge is 0.132 e. The number of carboxylic acids is 1. The van der Waals surface area contributed by atoms with Gasteiger partial charge in [-0.1, -0.05) is 36.4 Å². The minimum Gasteiger partial charge on any atom is -0.545 e. The molecule has 4 nitrogen and oxygen atoms in total. The van der Waals surface area contributed by atoms with Crippen molar-refractivity contribution in [3.8, 4) is 11.1 Å². The van der Waals surface area contributed by atoms with E-state index < -0.39 is 5.97 Å². The van der Waals surface area contributed by atoms with Gasteiger partial charge in [-0.15, -0.1) is 11.3 Å². The van der Waals surface area contributed by atoms with E-state index in [0.717, 1.165) is 32.9 Å².